The van der Waals surface area contributed by atoms with E-state index in [4.69, 9.17) is 4.74 Å². The van der Waals surface area contributed by atoms with Crippen molar-refractivity contribution in [1.29, 1.82) is 0 Å². The molecule has 0 saturated heterocycles. The first-order valence-corrected chi connectivity index (χ1v) is 4.94. The lowest BCUT2D eigenvalue weighted by atomic mass is 10.1. The predicted octanol–water partition coefficient (Wildman–Crippen LogP) is 0.764. The predicted molar refractivity (Wildman–Crippen MR) is 55.2 cm³/mol. The summed E-state index contributed by atoms with van der Waals surface area (Å²) in [6, 6.07) is 0. The highest BCUT2D eigenvalue weighted by atomic mass is 16.5. The number of hydrogen-bond donors (Lipinski definition) is 0. The van der Waals surface area contributed by atoms with E-state index in [0.29, 0.717) is 6.61 Å². The van der Waals surface area contributed by atoms with Gasteiger partial charge < -0.3 is 14.4 Å². The van der Waals surface area contributed by atoms with E-state index in [2.05, 4.69) is 16.6 Å². The zero-order chi connectivity index (χ0) is 11.0. The van der Waals surface area contributed by atoms with Crippen LogP contribution in [0.5, 0.6) is 0 Å². The zero-order valence-corrected chi connectivity index (χ0v) is 9.58. The molecular weight excluding hydrogens is 182 g/mol. The van der Waals surface area contributed by atoms with E-state index in [0.717, 1.165) is 19.6 Å². The van der Waals surface area contributed by atoms with E-state index in [1.54, 1.807) is 7.11 Å². The second kappa shape index (κ2) is 7.76. The molecule has 0 N–H and O–H groups in total. The Kier molecular flexibility index (Phi) is 7.42. The van der Waals surface area contributed by atoms with E-state index < -0.39 is 0 Å². The van der Waals surface area contributed by atoms with Crippen LogP contribution in [-0.4, -0.2) is 51.3 Å². The molecule has 0 rings (SSSR count). The van der Waals surface area contributed by atoms with Crippen LogP contribution in [-0.2, 0) is 14.3 Å². The highest BCUT2D eigenvalue weighted by Gasteiger charge is 2.16. The maximum atomic E-state index is 11.2. The third-order valence-electron chi connectivity index (χ3n) is 2.19. The normalized spacial score (nSPS) is 12.9. The summed E-state index contributed by atoms with van der Waals surface area (Å²) in [6.45, 7) is 7.15. The molecule has 0 aliphatic heterocycles. The van der Waals surface area contributed by atoms with Crippen molar-refractivity contribution in [2.75, 3.05) is 40.5 Å². The lowest BCUT2D eigenvalue weighted by Crippen LogP contribution is -2.34. The van der Waals surface area contributed by atoms with Gasteiger partial charge in [0, 0.05) is 20.2 Å². The van der Waals surface area contributed by atoms with Gasteiger partial charge in [0.05, 0.1) is 19.6 Å². The summed E-state index contributed by atoms with van der Waals surface area (Å²) < 4.78 is 9.65. The Balaban J connectivity index is 3.85. The van der Waals surface area contributed by atoms with Crippen LogP contribution in [0.4, 0.5) is 0 Å². The van der Waals surface area contributed by atoms with E-state index >= 15 is 0 Å². The van der Waals surface area contributed by atoms with Gasteiger partial charge in [0.15, 0.2) is 0 Å². The van der Waals surface area contributed by atoms with Crippen molar-refractivity contribution in [3.8, 4) is 0 Å². The van der Waals surface area contributed by atoms with Gasteiger partial charge in [-0.15, -0.1) is 0 Å². The minimum atomic E-state index is -0.152. The van der Waals surface area contributed by atoms with Crippen molar-refractivity contribution in [3.63, 3.8) is 0 Å². The molecule has 14 heavy (non-hydrogen) atoms. The maximum absolute atomic E-state index is 11.2. The summed E-state index contributed by atoms with van der Waals surface area (Å²) in [5.74, 6) is -0.224. The van der Waals surface area contributed by atoms with Crippen molar-refractivity contribution in [2.24, 2.45) is 5.92 Å². The monoisotopic (exact) mass is 203 g/mol. The van der Waals surface area contributed by atoms with Gasteiger partial charge in [-0.2, -0.15) is 0 Å². The van der Waals surface area contributed by atoms with Crippen molar-refractivity contribution >= 4 is 5.97 Å². The summed E-state index contributed by atoms with van der Waals surface area (Å²) in [7, 11) is 3.10. The first-order valence-electron chi connectivity index (χ1n) is 4.94. The smallest absolute Gasteiger partial charge is 0.309 e. The molecule has 0 aromatic heterocycles. The molecular formula is C10H21NO3. The van der Waals surface area contributed by atoms with Crippen LogP contribution in [0.3, 0.4) is 0 Å². The molecule has 0 bridgehead atoms. The quantitative estimate of drug-likeness (QED) is 0.573. The Morgan fingerprint density at radius 1 is 1.43 bits per heavy atom. The van der Waals surface area contributed by atoms with Crippen LogP contribution < -0.4 is 0 Å². The molecule has 0 aliphatic rings. The molecule has 0 aliphatic carbocycles. The first-order chi connectivity index (χ1) is 6.65. The Labute approximate surface area is 86.2 Å². The fraction of sp³-hybridized carbons (Fsp3) is 0.900. The summed E-state index contributed by atoms with van der Waals surface area (Å²) >= 11 is 0. The van der Waals surface area contributed by atoms with E-state index in [1.807, 2.05) is 6.92 Å². The van der Waals surface area contributed by atoms with Gasteiger partial charge in [0.2, 0.25) is 0 Å². The third-order valence-corrected chi connectivity index (χ3v) is 2.19. The van der Waals surface area contributed by atoms with Crippen molar-refractivity contribution in [2.45, 2.75) is 13.8 Å². The van der Waals surface area contributed by atoms with Crippen molar-refractivity contribution in [3.05, 3.63) is 0 Å². The van der Waals surface area contributed by atoms with Gasteiger partial charge in [0.1, 0.15) is 0 Å². The number of likely N-dealkylation sites (N-methyl/N-ethyl adjacent to an activating group) is 1. The largest absolute Gasteiger partial charge is 0.469 e. The number of carbonyl (C=O) groups excluding carboxylic acids is 1. The Morgan fingerprint density at radius 3 is 2.50 bits per heavy atom. The first kappa shape index (κ1) is 13.4. The van der Waals surface area contributed by atoms with Crippen LogP contribution in [0.2, 0.25) is 0 Å². The number of nitrogens with zero attached hydrogens (tertiary/aromatic N) is 1. The number of ether oxygens (including phenoxy) is 2. The average molecular weight is 203 g/mol. The number of carbonyl (C=O) groups is 1. The standard InChI is InChI=1S/C10H21NO3/c1-5-11(6-7-13-3)8-9(2)10(12)14-4/h9H,5-8H2,1-4H3. The Morgan fingerprint density at radius 2 is 2.07 bits per heavy atom. The number of rotatable bonds is 7. The van der Waals surface area contributed by atoms with Gasteiger partial charge >= 0.3 is 5.97 Å². The minimum Gasteiger partial charge on any atom is -0.469 e. The second-order valence-electron chi connectivity index (χ2n) is 3.31. The molecule has 1 atom stereocenters. The average Bonchev–Trinajstić information content (AvgIpc) is 2.22. The van der Waals surface area contributed by atoms with Crippen molar-refractivity contribution in [1.82, 2.24) is 4.90 Å². The molecule has 0 fully saturated rings. The molecule has 4 heteroatoms. The van der Waals surface area contributed by atoms with E-state index in [1.165, 1.54) is 7.11 Å². The molecule has 0 aromatic carbocycles. The molecule has 0 amide bonds. The number of hydrogen-bond acceptors (Lipinski definition) is 4. The van der Waals surface area contributed by atoms with Gasteiger partial charge in [-0.1, -0.05) is 13.8 Å². The molecule has 1 unspecified atom stereocenters. The maximum Gasteiger partial charge on any atom is 0.309 e. The van der Waals surface area contributed by atoms with Gasteiger partial charge in [0.25, 0.3) is 0 Å². The van der Waals surface area contributed by atoms with Crippen LogP contribution in [0.1, 0.15) is 13.8 Å². The fourth-order valence-corrected chi connectivity index (χ4v) is 1.26. The van der Waals surface area contributed by atoms with Gasteiger partial charge in [-0.3, -0.25) is 4.79 Å². The zero-order valence-electron chi connectivity index (χ0n) is 9.58. The van der Waals surface area contributed by atoms with E-state index in [9.17, 15) is 4.79 Å². The SMILES string of the molecule is CCN(CCOC)CC(C)C(=O)OC. The lowest BCUT2D eigenvalue weighted by Gasteiger charge is -2.22. The minimum absolute atomic E-state index is 0.0724. The molecule has 0 saturated carbocycles. The molecule has 0 aromatic rings. The summed E-state index contributed by atoms with van der Waals surface area (Å²) in [6.07, 6.45) is 0. The number of esters is 1. The third kappa shape index (κ3) is 5.19. The van der Waals surface area contributed by atoms with Crippen LogP contribution in [0, 0.1) is 5.92 Å². The highest BCUT2D eigenvalue weighted by molar-refractivity contribution is 5.72. The fourth-order valence-electron chi connectivity index (χ4n) is 1.26. The van der Waals surface area contributed by atoms with Gasteiger partial charge in [-0.25, -0.2) is 0 Å². The Hall–Kier alpha value is -0.610. The molecule has 4 nitrogen and oxygen atoms in total. The second-order valence-corrected chi connectivity index (χ2v) is 3.31. The molecule has 0 heterocycles. The highest BCUT2D eigenvalue weighted by Crippen LogP contribution is 2.01. The Bertz CT molecular complexity index is 161. The van der Waals surface area contributed by atoms with Crippen LogP contribution in [0.15, 0.2) is 0 Å². The van der Waals surface area contributed by atoms with Crippen molar-refractivity contribution < 1.29 is 14.3 Å². The topological polar surface area (TPSA) is 38.8 Å². The number of methoxy groups -OCH3 is 2. The lowest BCUT2D eigenvalue weighted by molar-refractivity contribution is -0.145. The summed E-state index contributed by atoms with van der Waals surface area (Å²) in [5.41, 5.74) is 0. The van der Waals surface area contributed by atoms with Gasteiger partial charge in [-0.05, 0) is 6.54 Å². The van der Waals surface area contributed by atoms with Crippen LogP contribution >= 0.6 is 0 Å². The molecule has 0 radical (unpaired) electrons. The molecule has 84 valence electrons. The van der Waals surface area contributed by atoms with E-state index in [-0.39, 0.29) is 11.9 Å². The summed E-state index contributed by atoms with van der Waals surface area (Å²) in [4.78, 5) is 13.3. The summed E-state index contributed by atoms with van der Waals surface area (Å²) in [5, 5.41) is 0. The molecule has 0 spiro atoms. The van der Waals surface area contributed by atoms with Crippen LogP contribution in [0.25, 0.3) is 0 Å².